The normalized spacial score (nSPS) is 15.1. The van der Waals surface area contributed by atoms with Gasteiger partial charge in [-0.3, -0.25) is 9.67 Å². The fourth-order valence-corrected chi connectivity index (χ4v) is 2.75. The first kappa shape index (κ1) is 15.3. The molecule has 0 radical (unpaired) electrons. The van der Waals surface area contributed by atoms with E-state index in [1.165, 1.54) is 11.1 Å². The first-order valence-corrected chi connectivity index (χ1v) is 8.01. The second-order valence-electron chi connectivity index (χ2n) is 5.68. The SMILES string of the molecule is CN=C(NCc1ccccc1Cn1cccn1)NC1CC=CC1. The molecule has 1 heterocycles. The van der Waals surface area contributed by atoms with Gasteiger partial charge in [0.1, 0.15) is 0 Å². The minimum absolute atomic E-state index is 0.459. The van der Waals surface area contributed by atoms with Gasteiger partial charge in [-0.2, -0.15) is 5.10 Å². The summed E-state index contributed by atoms with van der Waals surface area (Å²) in [5.74, 6) is 0.854. The summed E-state index contributed by atoms with van der Waals surface area (Å²) in [6.07, 6.45) is 10.3. The van der Waals surface area contributed by atoms with E-state index in [9.17, 15) is 0 Å². The highest BCUT2D eigenvalue weighted by molar-refractivity contribution is 5.80. The van der Waals surface area contributed by atoms with Crippen LogP contribution in [-0.4, -0.2) is 28.8 Å². The first-order valence-electron chi connectivity index (χ1n) is 8.01. The average molecular weight is 309 g/mol. The molecule has 0 saturated carbocycles. The number of hydrogen-bond acceptors (Lipinski definition) is 2. The summed E-state index contributed by atoms with van der Waals surface area (Å²) in [6, 6.07) is 10.8. The molecule has 0 spiro atoms. The third kappa shape index (κ3) is 4.22. The highest BCUT2D eigenvalue weighted by Crippen LogP contribution is 2.11. The molecule has 3 rings (SSSR count). The predicted molar refractivity (Wildman–Crippen MR) is 93.3 cm³/mol. The largest absolute Gasteiger partial charge is 0.353 e. The van der Waals surface area contributed by atoms with Gasteiger partial charge < -0.3 is 10.6 Å². The van der Waals surface area contributed by atoms with Crippen molar-refractivity contribution in [2.24, 2.45) is 4.99 Å². The number of aliphatic imine (C=N–C) groups is 1. The molecule has 0 amide bonds. The molecule has 5 heteroatoms. The third-order valence-corrected chi connectivity index (χ3v) is 4.03. The molecule has 0 fully saturated rings. The Morgan fingerprint density at radius 1 is 1.22 bits per heavy atom. The zero-order chi connectivity index (χ0) is 15.9. The van der Waals surface area contributed by atoms with Crippen molar-refractivity contribution in [3.8, 4) is 0 Å². The van der Waals surface area contributed by atoms with Crippen molar-refractivity contribution in [2.45, 2.75) is 32.0 Å². The van der Waals surface area contributed by atoms with E-state index in [1.807, 2.05) is 30.2 Å². The van der Waals surface area contributed by atoms with Gasteiger partial charge in [-0.1, -0.05) is 36.4 Å². The monoisotopic (exact) mass is 309 g/mol. The van der Waals surface area contributed by atoms with Gasteiger partial charge in [0.05, 0.1) is 6.54 Å². The van der Waals surface area contributed by atoms with E-state index in [0.29, 0.717) is 6.04 Å². The van der Waals surface area contributed by atoms with Crippen molar-refractivity contribution in [3.63, 3.8) is 0 Å². The van der Waals surface area contributed by atoms with E-state index in [2.05, 4.69) is 57.1 Å². The summed E-state index contributed by atoms with van der Waals surface area (Å²) in [7, 11) is 1.81. The zero-order valence-electron chi connectivity index (χ0n) is 13.4. The molecule has 2 aromatic rings. The number of nitrogens with one attached hydrogen (secondary N) is 2. The van der Waals surface area contributed by atoms with Crippen LogP contribution in [0.2, 0.25) is 0 Å². The standard InChI is InChI=1S/C18H23N5/c1-19-18(22-17-9-4-5-10-17)20-13-15-7-2-3-8-16(15)14-23-12-6-11-21-23/h2-8,11-12,17H,9-10,13-14H2,1H3,(H2,19,20,22). The van der Waals surface area contributed by atoms with E-state index in [-0.39, 0.29) is 0 Å². The average Bonchev–Trinajstić information content (AvgIpc) is 3.26. The van der Waals surface area contributed by atoms with E-state index in [0.717, 1.165) is 31.9 Å². The quantitative estimate of drug-likeness (QED) is 0.506. The van der Waals surface area contributed by atoms with Crippen molar-refractivity contribution < 1.29 is 0 Å². The van der Waals surface area contributed by atoms with Crippen LogP contribution in [0.25, 0.3) is 0 Å². The maximum Gasteiger partial charge on any atom is 0.191 e. The van der Waals surface area contributed by atoms with Crippen molar-refractivity contribution in [1.29, 1.82) is 0 Å². The molecule has 0 atom stereocenters. The van der Waals surface area contributed by atoms with Gasteiger partial charge in [-0.05, 0) is 30.0 Å². The summed E-state index contributed by atoms with van der Waals surface area (Å²) in [6.45, 7) is 1.53. The number of guanidine groups is 1. The summed E-state index contributed by atoms with van der Waals surface area (Å²) in [5.41, 5.74) is 2.53. The smallest absolute Gasteiger partial charge is 0.191 e. The Kier molecular flexibility index (Phi) is 5.09. The molecule has 23 heavy (non-hydrogen) atoms. The lowest BCUT2D eigenvalue weighted by molar-refractivity contribution is 0.631. The molecule has 2 N–H and O–H groups in total. The Balaban J connectivity index is 1.60. The van der Waals surface area contributed by atoms with Crippen LogP contribution in [0, 0.1) is 0 Å². The first-order chi connectivity index (χ1) is 11.3. The highest BCUT2D eigenvalue weighted by Gasteiger charge is 2.12. The highest BCUT2D eigenvalue weighted by atomic mass is 15.3. The zero-order valence-corrected chi connectivity index (χ0v) is 13.4. The molecule has 1 aromatic carbocycles. The lowest BCUT2D eigenvalue weighted by Gasteiger charge is -2.18. The van der Waals surface area contributed by atoms with Gasteiger partial charge >= 0.3 is 0 Å². The molecule has 0 saturated heterocycles. The second-order valence-corrected chi connectivity index (χ2v) is 5.68. The van der Waals surface area contributed by atoms with Crippen LogP contribution in [0.4, 0.5) is 0 Å². The lowest BCUT2D eigenvalue weighted by atomic mass is 10.1. The molecule has 1 aromatic heterocycles. The van der Waals surface area contributed by atoms with Crippen LogP contribution >= 0.6 is 0 Å². The summed E-state index contributed by atoms with van der Waals surface area (Å²) in [4.78, 5) is 4.32. The molecule has 0 unspecified atom stereocenters. The Morgan fingerprint density at radius 2 is 2.00 bits per heavy atom. The number of aromatic nitrogens is 2. The predicted octanol–water partition coefficient (Wildman–Crippen LogP) is 2.32. The molecular formula is C18H23N5. The van der Waals surface area contributed by atoms with Gasteiger partial charge in [0.25, 0.3) is 0 Å². The maximum absolute atomic E-state index is 4.32. The minimum atomic E-state index is 0.459. The lowest BCUT2D eigenvalue weighted by Crippen LogP contribution is -2.42. The van der Waals surface area contributed by atoms with Crippen LogP contribution in [0.3, 0.4) is 0 Å². The Labute approximate surface area is 137 Å². The van der Waals surface area contributed by atoms with Crippen LogP contribution in [-0.2, 0) is 13.1 Å². The van der Waals surface area contributed by atoms with Crippen LogP contribution in [0.1, 0.15) is 24.0 Å². The van der Waals surface area contributed by atoms with Crippen molar-refractivity contribution in [1.82, 2.24) is 20.4 Å². The molecule has 0 aliphatic heterocycles. The van der Waals surface area contributed by atoms with Gasteiger partial charge in [0, 0.05) is 32.0 Å². The minimum Gasteiger partial charge on any atom is -0.353 e. The van der Waals surface area contributed by atoms with Gasteiger partial charge in [0.2, 0.25) is 0 Å². The van der Waals surface area contributed by atoms with E-state index < -0.39 is 0 Å². The van der Waals surface area contributed by atoms with E-state index >= 15 is 0 Å². The summed E-state index contributed by atoms with van der Waals surface area (Å²) in [5, 5.41) is 11.2. The van der Waals surface area contributed by atoms with E-state index in [4.69, 9.17) is 0 Å². The van der Waals surface area contributed by atoms with Crippen molar-refractivity contribution >= 4 is 5.96 Å². The Hall–Kier alpha value is -2.56. The van der Waals surface area contributed by atoms with Crippen LogP contribution in [0.15, 0.2) is 59.9 Å². The summed E-state index contributed by atoms with van der Waals surface area (Å²) >= 11 is 0. The summed E-state index contributed by atoms with van der Waals surface area (Å²) < 4.78 is 1.94. The van der Waals surface area contributed by atoms with Gasteiger partial charge in [-0.25, -0.2) is 0 Å². The number of rotatable bonds is 5. The fraction of sp³-hybridized carbons (Fsp3) is 0.333. The Bertz CT molecular complexity index is 664. The Morgan fingerprint density at radius 3 is 2.70 bits per heavy atom. The molecule has 120 valence electrons. The van der Waals surface area contributed by atoms with Gasteiger partial charge in [0.15, 0.2) is 5.96 Å². The van der Waals surface area contributed by atoms with Crippen molar-refractivity contribution in [3.05, 3.63) is 66.0 Å². The number of nitrogens with zero attached hydrogens (tertiary/aromatic N) is 3. The molecule has 1 aliphatic rings. The van der Waals surface area contributed by atoms with E-state index in [1.54, 1.807) is 0 Å². The van der Waals surface area contributed by atoms with Crippen molar-refractivity contribution in [2.75, 3.05) is 7.05 Å². The molecular weight excluding hydrogens is 286 g/mol. The number of hydrogen-bond donors (Lipinski definition) is 2. The maximum atomic E-state index is 4.32. The molecule has 5 nitrogen and oxygen atoms in total. The molecule has 0 bridgehead atoms. The molecule has 1 aliphatic carbocycles. The van der Waals surface area contributed by atoms with Crippen LogP contribution < -0.4 is 10.6 Å². The number of benzene rings is 1. The van der Waals surface area contributed by atoms with Gasteiger partial charge in [-0.15, -0.1) is 0 Å². The van der Waals surface area contributed by atoms with Crippen LogP contribution in [0.5, 0.6) is 0 Å². The second kappa shape index (κ2) is 7.63. The fourth-order valence-electron chi connectivity index (χ4n) is 2.75. The third-order valence-electron chi connectivity index (χ3n) is 4.03. The topological polar surface area (TPSA) is 54.2 Å².